The Morgan fingerprint density at radius 2 is 2.08 bits per heavy atom. The van der Waals surface area contributed by atoms with Gasteiger partial charge in [-0.2, -0.15) is 0 Å². The van der Waals surface area contributed by atoms with Gasteiger partial charge in [-0.25, -0.2) is 0 Å². The van der Waals surface area contributed by atoms with Gasteiger partial charge in [0.1, 0.15) is 0 Å². The van der Waals surface area contributed by atoms with Gasteiger partial charge in [0.15, 0.2) is 5.78 Å². The molecule has 1 atom stereocenters. The molecule has 1 aliphatic heterocycles. The Kier molecular flexibility index (Phi) is 2.41. The highest BCUT2D eigenvalue weighted by Crippen LogP contribution is 2.14. The van der Waals surface area contributed by atoms with Crippen molar-refractivity contribution in [3.05, 3.63) is 35.9 Å². The van der Waals surface area contributed by atoms with Crippen molar-refractivity contribution >= 4 is 5.78 Å². The molecule has 2 rings (SSSR count). The summed E-state index contributed by atoms with van der Waals surface area (Å²) in [5, 5.41) is 3.20. The molecule has 13 heavy (non-hydrogen) atoms. The van der Waals surface area contributed by atoms with E-state index in [2.05, 4.69) is 5.32 Å². The van der Waals surface area contributed by atoms with E-state index in [0.717, 1.165) is 25.1 Å². The summed E-state index contributed by atoms with van der Waals surface area (Å²) in [6, 6.07) is 9.54. The fourth-order valence-corrected chi connectivity index (χ4v) is 1.72. The third kappa shape index (κ3) is 1.78. The molecule has 0 aliphatic carbocycles. The van der Waals surface area contributed by atoms with Gasteiger partial charge in [-0.3, -0.25) is 4.79 Å². The molecule has 1 heterocycles. The third-order valence-corrected chi connectivity index (χ3v) is 2.49. The van der Waals surface area contributed by atoms with E-state index in [9.17, 15) is 4.79 Å². The fourth-order valence-electron chi connectivity index (χ4n) is 1.72. The second kappa shape index (κ2) is 3.71. The monoisotopic (exact) mass is 175 g/mol. The van der Waals surface area contributed by atoms with E-state index >= 15 is 0 Å². The maximum Gasteiger partial charge on any atom is 0.167 e. The number of ketones is 1. The quantitative estimate of drug-likeness (QED) is 0.690. The average molecular weight is 175 g/mol. The molecule has 0 amide bonds. The predicted octanol–water partition coefficient (Wildman–Crippen LogP) is 1.48. The molecule has 0 aromatic heterocycles. The summed E-state index contributed by atoms with van der Waals surface area (Å²) in [6.07, 6.45) is 0.980. The van der Waals surface area contributed by atoms with E-state index in [1.165, 1.54) is 0 Å². The normalized spacial score (nSPS) is 21.7. The number of Topliss-reactive ketones (excluding diaryl/α,β-unsaturated/α-hetero) is 1. The SMILES string of the molecule is O=C(c1ccccc1)C1CCNC1. The van der Waals surface area contributed by atoms with Gasteiger partial charge in [0, 0.05) is 18.0 Å². The number of hydrogen-bond acceptors (Lipinski definition) is 2. The van der Waals surface area contributed by atoms with E-state index < -0.39 is 0 Å². The summed E-state index contributed by atoms with van der Waals surface area (Å²) >= 11 is 0. The minimum absolute atomic E-state index is 0.197. The molecule has 1 aromatic rings. The highest BCUT2D eigenvalue weighted by molar-refractivity contribution is 5.98. The van der Waals surface area contributed by atoms with Gasteiger partial charge in [0.2, 0.25) is 0 Å². The van der Waals surface area contributed by atoms with Crippen molar-refractivity contribution in [3.8, 4) is 0 Å². The number of benzene rings is 1. The molecule has 0 spiro atoms. The van der Waals surface area contributed by atoms with Crippen molar-refractivity contribution in [3.63, 3.8) is 0 Å². The lowest BCUT2D eigenvalue weighted by Gasteiger charge is -2.06. The van der Waals surface area contributed by atoms with E-state index in [1.54, 1.807) is 0 Å². The molecule has 0 saturated carbocycles. The van der Waals surface area contributed by atoms with Crippen LogP contribution in [0.2, 0.25) is 0 Å². The first kappa shape index (κ1) is 8.45. The van der Waals surface area contributed by atoms with Gasteiger partial charge < -0.3 is 5.32 Å². The lowest BCUT2D eigenvalue weighted by Crippen LogP contribution is -2.17. The standard InChI is InChI=1S/C11H13NO/c13-11(10-6-7-12-8-10)9-4-2-1-3-5-9/h1-5,10,12H,6-8H2. The predicted molar refractivity (Wildman–Crippen MR) is 51.7 cm³/mol. The maximum atomic E-state index is 11.8. The lowest BCUT2D eigenvalue weighted by atomic mass is 9.97. The smallest absolute Gasteiger partial charge is 0.167 e. The Morgan fingerprint density at radius 1 is 1.31 bits per heavy atom. The summed E-state index contributed by atoms with van der Waals surface area (Å²) in [7, 11) is 0. The Balaban J connectivity index is 2.13. The summed E-state index contributed by atoms with van der Waals surface area (Å²) < 4.78 is 0. The summed E-state index contributed by atoms with van der Waals surface area (Å²) in [4.78, 5) is 11.8. The molecule has 2 heteroatoms. The largest absolute Gasteiger partial charge is 0.316 e. The summed E-state index contributed by atoms with van der Waals surface area (Å²) in [6.45, 7) is 1.82. The van der Waals surface area contributed by atoms with Gasteiger partial charge in [0.05, 0.1) is 0 Å². The molecule has 68 valence electrons. The van der Waals surface area contributed by atoms with E-state index in [1.807, 2.05) is 30.3 Å². The lowest BCUT2D eigenvalue weighted by molar-refractivity contribution is 0.0930. The molecule has 1 aromatic carbocycles. The number of carbonyl (C=O) groups excluding carboxylic acids is 1. The maximum absolute atomic E-state index is 11.8. The van der Waals surface area contributed by atoms with Gasteiger partial charge in [-0.15, -0.1) is 0 Å². The van der Waals surface area contributed by atoms with Crippen LogP contribution < -0.4 is 5.32 Å². The average Bonchev–Trinajstić information content (AvgIpc) is 2.71. The first-order valence-corrected chi connectivity index (χ1v) is 4.68. The molecule has 1 fully saturated rings. The van der Waals surface area contributed by atoms with Gasteiger partial charge in [0.25, 0.3) is 0 Å². The summed E-state index contributed by atoms with van der Waals surface area (Å²) in [5.74, 6) is 0.480. The summed E-state index contributed by atoms with van der Waals surface area (Å²) in [5.41, 5.74) is 0.844. The Morgan fingerprint density at radius 3 is 2.69 bits per heavy atom. The minimum Gasteiger partial charge on any atom is -0.316 e. The van der Waals surface area contributed by atoms with Crippen molar-refractivity contribution < 1.29 is 4.79 Å². The molecular weight excluding hydrogens is 162 g/mol. The van der Waals surface area contributed by atoms with Crippen molar-refractivity contribution in [2.45, 2.75) is 6.42 Å². The van der Waals surface area contributed by atoms with Gasteiger partial charge >= 0.3 is 0 Å². The van der Waals surface area contributed by atoms with Crippen LogP contribution in [0.25, 0.3) is 0 Å². The van der Waals surface area contributed by atoms with Gasteiger partial charge in [-0.1, -0.05) is 30.3 Å². The van der Waals surface area contributed by atoms with Crippen molar-refractivity contribution in [2.24, 2.45) is 5.92 Å². The van der Waals surface area contributed by atoms with Crippen LogP contribution in [0.4, 0.5) is 0 Å². The van der Waals surface area contributed by atoms with Crippen molar-refractivity contribution in [1.82, 2.24) is 5.32 Å². The van der Waals surface area contributed by atoms with E-state index in [0.29, 0.717) is 0 Å². The zero-order chi connectivity index (χ0) is 9.10. The molecule has 1 unspecified atom stereocenters. The molecule has 0 bridgehead atoms. The minimum atomic E-state index is 0.197. The molecule has 0 radical (unpaired) electrons. The first-order valence-electron chi connectivity index (χ1n) is 4.68. The van der Waals surface area contributed by atoms with Crippen LogP contribution in [0.15, 0.2) is 30.3 Å². The topological polar surface area (TPSA) is 29.1 Å². The van der Waals surface area contributed by atoms with Crippen LogP contribution >= 0.6 is 0 Å². The third-order valence-electron chi connectivity index (χ3n) is 2.49. The zero-order valence-electron chi connectivity index (χ0n) is 7.49. The van der Waals surface area contributed by atoms with Crippen LogP contribution in [-0.2, 0) is 0 Å². The number of rotatable bonds is 2. The van der Waals surface area contributed by atoms with Crippen molar-refractivity contribution in [1.29, 1.82) is 0 Å². The second-order valence-corrected chi connectivity index (χ2v) is 3.42. The Hall–Kier alpha value is -1.15. The fraction of sp³-hybridized carbons (Fsp3) is 0.364. The van der Waals surface area contributed by atoms with E-state index in [-0.39, 0.29) is 11.7 Å². The highest BCUT2D eigenvalue weighted by Gasteiger charge is 2.22. The van der Waals surface area contributed by atoms with E-state index in [4.69, 9.17) is 0 Å². The van der Waals surface area contributed by atoms with Crippen LogP contribution in [0.3, 0.4) is 0 Å². The Labute approximate surface area is 78.0 Å². The molecule has 1 saturated heterocycles. The van der Waals surface area contributed by atoms with Crippen LogP contribution in [-0.4, -0.2) is 18.9 Å². The number of hydrogen-bond donors (Lipinski definition) is 1. The van der Waals surface area contributed by atoms with Crippen LogP contribution in [0.1, 0.15) is 16.8 Å². The van der Waals surface area contributed by atoms with Crippen LogP contribution in [0, 0.1) is 5.92 Å². The van der Waals surface area contributed by atoms with Crippen LogP contribution in [0.5, 0.6) is 0 Å². The number of nitrogens with one attached hydrogen (secondary N) is 1. The molecular formula is C11H13NO. The Bertz CT molecular complexity index is 288. The van der Waals surface area contributed by atoms with Gasteiger partial charge in [-0.05, 0) is 13.0 Å². The van der Waals surface area contributed by atoms with Crippen molar-refractivity contribution in [2.75, 3.05) is 13.1 Å². The molecule has 1 aliphatic rings. The molecule has 1 N–H and O–H groups in total. The second-order valence-electron chi connectivity index (χ2n) is 3.42. The molecule has 2 nitrogen and oxygen atoms in total. The number of carbonyl (C=O) groups is 1. The highest BCUT2D eigenvalue weighted by atomic mass is 16.1. The first-order chi connectivity index (χ1) is 6.38. The zero-order valence-corrected chi connectivity index (χ0v) is 7.49.